The number of hydrogen-bond acceptors (Lipinski definition) is 3. The Morgan fingerprint density at radius 1 is 1.44 bits per heavy atom. The predicted octanol–water partition coefficient (Wildman–Crippen LogP) is 1.80. The van der Waals surface area contributed by atoms with Crippen LogP contribution in [0.15, 0.2) is 18.5 Å². The molecule has 0 saturated carbocycles. The molecule has 3 rings (SSSR count). The Hall–Kier alpha value is -1.79. The third kappa shape index (κ3) is 1.17. The fourth-order valence-electron chi connectivity index (χ4n) is 1.94. The SMILES string of the molecule is FC(F)(F)C1CNc2cnc3ccnn3c21. The number of nitrogens with zero attached hydrogens (tertiary/aromatic N) is 3. The summed E-state index contributed by atoms with van der Waals surface area (Å²) in [6.45, 7) is -0.153. The molecule has 2 aromatic heterocycles. The summed E-state index contributed by atoms with van der Waals surface area (Å²) in [6.07, 6.45) is -1.41. The van der Waals surface area contributed by atoms with Crippen molar-refractivity contribution in [3.63, 3.8) is 0 Å². The lowest BCUT2D eigenvalue weighted by Crippen LogP contribution is -2.24. The van der Waals surface area contributed by atoms with Gasteiger partial charge in [-0.05, 0) is 0 Å². The quantitative estimate of drug-likeness (QED) is 0.747. The van der Waals surface area contributed by atoms with Crippen LogP contribution in [0.5, 0.6) is 0 Å². The fourth-order valence-corrected chi connectivity index (χ4v) is 1.94. The molecule has 84 valence electrons. The van der Waals surface area contributed by atoms with Gasteiger partial charge in [0, 0.05) is 12.6 Å². The molecule has 3 heterocycles. The van der Waals surface area contributed by atoms with Gasteiger partial charge in [0.05, 0.1) is 23.8 Å². The van der Waals surface area contributed by atoms with E-state index in [1.807, 2.05) is 0 Å². The van der Waals surface area contributed by atoms with Gasteiger partial charge in [0.1, 0.15) is 5.92 Å². The lowest BCUT2D eigenvalue weighted by molar-refractivity contribution is -0.147. The van der Waals surface area contributed by atoms with Gasteiger partial charge >= 0.3 is 6.18 Å². The molecule has 0 bridgehead atoms. The average Bonchev–Trinajstić information content (AvgIpc) is 2.81. The van der Waals surface area contributed by atoms with E-state index < -0.39 is 12.1 Å². The first-order valence-electron chi connectivity index (χ1n) is 4.70. The number of nitrogens with one attached hydrogen (secondary N) is 1. The molecule has 1 aliphatic rings. The highest BCUT2D eigenvalue weighted by molar-refractivity contribution is 5.58. The van der Waals surface area contributed by atoms with E-state index in [1.165, 1.54) is 16.9 Å². The molecule has 2 aromatic rings. The standard InChI is InChI=1S/C9H7F3N4/c10-9(11,12)5-3-13-6-4-14-7-1-2-15-16(7)8(5)6/h1-2,4-5,13H,3H2. The minimum atomic E-state index is -4.27. The molecule has 4 nitrogen and oxygen atoms in total. The van der Waals surface area contributed by atoms with Gasteiger partial charge in [-0.25, -0.2) is 9.50 Å². The third-order valence-corrected chi connectivity index (χ3v) is 2.67. The maximum Gasteiger partial charge on any atom is 0.399 e. The molecule has 0 fully saturated rings. The summed E-state index contributed by atoms with van der Waals surface area (Å²) in [5.41, 5.74) is 0.970. The maximum atomic E-state index is 12.8. The van der Waals surface area contributed by atoms with Crippen molar-refractivity contribution in [1.82, 2.24) is 14.6 Å². The first-order chi connectivity index (χ1) is 7.57. The summed E-state index contributed by atoms with van der Waals surface area (Å²) in [7, 11) is 0. The summed E-state index contributed by atoms with van der Waals surface area (Å²) < 4.78 is 39.6. The van der Waals surface area contributed by atoms with Gasteiger partial charge in [-0.1, -0.05) is 0 Å². The molecule has 0 amide bonds. The maximum absolute atomic E-state index is 12.8. The zero-order chi connectivity index (χ0) is 11.3. The first-order valence-corrected chi connectivity index (χ1v) is 4.70. The van der Waals surface area contributed by atoms with Crippen LogP contribution < -0.4 is 5.32 Å². The molecule has 0 spiro atoms. The molecule has 0 saturated heterocycles. The summed E-state index contributed by atoms with van der Waals surface area (Å²) >= 11 is 0. The van der Waals surface area contributed by atoms with Gasteiger partial charge < -0.3 is 5.32 Å². The van der Waals surface area contributed by atoms with Gasteiger partial charge in [-0.3, -0.25) is 0 Å². The third-order valence-electron chi connectivity index (χ3n) is 2.67. The van der Waals surface area contributed by atoms with Crippen LogP contribution >= 0.6 is 0 Å². The highest BCUT2D eigenvalue weighted by Crippen LogP contribution is 2.41. The van der Waals surface area contributed by atoms with Crippen molar-refractivity contribution in [1.29, 1.82) is 0 Å². The Labute approximate surface area is 88.1 Å². The smallest absolute Gasteiger partial charge is 0.381 e. The van der Waals surface area contributed by atoms with Crippen molar-refractivity contribution in [2.24, 2.45) is 0 Å². The minimum Gasteiger partial charge on any atom is -0.381 e. The molecule has 1 N–H and O–H groups in total. The van der Waals surface area contributed by atoms with Crippen molar-refractivity contribution >= 4 is 11.3 Å². The number of rotatable bonds is 0. The summed E-state index contributed by atoms with van der Waals surface area (Å²) in [5.74, 6) is -1.52. The van der Waals surface area contributed by atoms with Gasteiger partial charge in [0.2, 0.25) is 0 Å². The van der Waals surface area contributed by atoms with E-state index in [9.17, 15) is 13.2 Å². The molecule has 0 radical (unpaired) electrons. The molecule has 7 heteroatoms. The lowest BCUT2D eigenvalue weighted by atomic mass is 10.1. The van der Waals surface area contributed by atoms with E-state index in [1.54, 1.807) is 6.07 Å². The summed E-state index contributed by atoms with van der Waals surface area (Å²) in [4.78, 5) is 4.00. The van der Waals surface area contributed by atoms with E-state index in [-0.39, 0.29) is 12.2 Å². The number of anilines is 1. The Balaban J connectivity index is 2.26. The molecular formula is C9H7F3N4. The molecule has 0 aliphatic carbocycles. The van der Waals surface area contributed by atoms with Gasteiger partial charge in [0.25, 0.3) is 0 Å². The van der Waals surface area contributed by atoms with Crippen LogP contribution in [0.25, 0.3) is 5.65 Å². The topological polar surface area (TPSA) is 42.2 Å². The second kappa shape index (κ2) is 2.87. The van der Waals surface area contributed by atoms with Crippen molar-refractivity contribution in [3.05, 3.63) is 24.2 Å². The largest absolute Gasteiger partial charge is 0.399 e. The van der Waals surface area contributed by atoms with Crippen molar-refractivity contribution in [2.45, 2.75) is 12.1 Å². The highest BCUT2D eigenvalue weighted by atomic mass is 19.4. The van der Waals surface area contributed by atoms with Gasteiger partial charge in [-0.2, -0.15) is 18.3 Å². The van der Waals surface area contributed by atoms with Gasteiger partial charge in [0.15, 0.2) is 5.65 Å². The monoisotopic (exact) mass is 228 g/mol. The van der Waals surface area contributed by atoms with Crippen LogP contribution in [0, 0.1) is 0 Å². The summed E-state index contributed by atoms with van der Waals surface area (Å²) in [6, 6.07) is 1.58. The number of halogens is 3. The number of fused-ring (bicyclic) bond motifs is 3. The van der Waals surface area contributed by atoms with Crippen LogP contribution in [0.3, 0.4) is 0 Å². The van der Waals surface area contributed by atoms with Crippen LogP contribution in [-0.4, -0.2) is 27.3 Å². The van der Waals surface area contributed by atoms with E-state index in [0.717, 1.165) is 0 Å². The molecule has 1 aliphatic heterocycles. The van der Waals surface area contributed by atoms with Crippen molar-refractivity contribution in [2.75, 3.05) is 11.9 Å². The zero-order valence-corrected chi connectivity index (χ0v) is 7.99. The van der Waals surface area contributed by atoms with E-state index >= 15 is 0 Å². The first kappa shape index (κ1) is 9.44. The average molecular weight is 228 g/mol. The van der Waals surface area contributed by atoms with Crippen LogP contribution in [0.4, 0.5) is 18.9 Å². The zero-order valence-electron chi connectivity index (χ0n) is 7.99. The Morgan fingerprint density at radius 3 is 3.00 bits per heavy atom. The highest BCUT2D eigenvalue weighted by Gasteiger charge is 2.46. The molecule has 1 atom stereocenters. The minimum absolute atomic E-state index is 0.141. The second-order valence-electron chi connectivity index (χ2n) is 3.63. The normalized spacial score (nSPS) is 19.8. The Morgan fingerprint density at radius 2 is 2.25 bits per heavy atom. The van der Waals surface area contributed by atoms with E-state index in [2.05, 4.69) is 15.4 Å². The number of aromatic nitrogens is 3. The number of hydrogen-bond donors (Lipinski definition) is 1. The molecule has 16 heavy (non-hydrogen) atoms. The lowest BCUT2D eigenvalue weighted by Gasteiger charge is -2.14. The summed E-state index contributed by atoms with van der Waals surface area (Å²) in [5, 5.41) is 6.56. The van der Waals surface area contributed by atoms with Gasteiger partial charge in [-0.15, -0.1) is 0 Å². The Bertz CT molecular complexity index is 545. The van der Waals surface area contributed by atoms with Crippen LogP contribution in [0.2, 0.25) is 0 Å². The molecule has 1 unspecified atom stereocenters. The van der Waals surface area contributed by atoms with E-state index in [4.69, 9.17) is 0 Å². The van der Waals surface area contributed by atoms with Crippen LogP contribution in [-0.2, 0) is 0 Å². The Kier molecular flexibility index (Phi) is 1.69. The number of alkyl halides is 3. The predicted molar refractivity (Wildman–Crippen MR) is 50.3 cm³/mol. The fraction of sp³-hybridized carbons (Fsp3) is 0.333. The van der Waals surface area contributed by atoms with Crippen molar-refractivity contribution < 1.29 is 13.2 Å². The van der Waals surface area contributed by atoms with Crippen molar-refractivity contribution in [3.8, 4) is 0 Å². The molecular weight excluding hydrogens is 221 g/mol. The van der Waals surface area contributed by atoms with Crippen LogP contribution in [0.1, 0.15) is 11.6 Å². The van der Waals surface area contributed by atoms with E-state index in [0.29, 0.717) is 11.3 Å². The molecule has 0 aromatic carbocycles. The second-order valence-corrected chi connectivity index (χ2v) is 3.63.